The van der Waals surface area contributed by atoms with E-state index in [4.69, 9.17) is 27.7 Å². The van der Waals surface area contributed by atoms with Crippen LogP contribution < -0.4 is 4.31 Å². The molecule has 4 aromatic rings. The maximum absolute atomic E-state index is 14.2. The minimum Gasteiger partial charge on any atom is -0.339 e. The van der Waals surface area contributed by atoms with E-state index in [1.165, 1.54) is 38.1 Å². The van der Waals surface area contributed by atoms with Gasteiger partial charge in [0.2, 0.25) is 11.7 Å². The molecule has 0 spiro atoms. The van der Waals surface area contributed by atoms with Crippen molar-refractivity contribution in [1.29, 1.82) is 0 Å². The molecule has 37 heavy (non-hydrogen) atoms. The van der Waals surface area contributed by atoms with Crippen LogP contribution in [0.1, 0.15) is 32.6 Å². The Hall–Kier alpha value is -2.46. The molecule has 0 unspecified atom stereocenters. The highest BCUT2D eigenvalue weighted by molar-refractivity contribution is 7.93. The largest absolute Gasteiger partial charge is 0.351 e. The van der Waals surface area contributed by atoms with Gasteiger partial charge < -0.3 is 14.3 Å². The lowest BCUT2D eigenvalue weighted by Gasteiger charge is -2.43. The van der Waals surface area contributed by atoms with E-state index in [0.29, 0.717) is 28.1 Å². The highest BCUT2D eigenvalue weighted by atomic mass is 35.5. The van der Waals surface area contributed by atoms with Crippen molar-refractivity contribution in [2.75, 3.05) is 4.31 Å². The molecule has 0 amide bonds. The summed E-state index contributed by atoms with van der Waals surface area (Å²) in [6.07, 6.45) is -0.337. The second-order valence-electron chi connectivity index (χ2n) is 8.46. The number of aryl methyl sites for hydroxylation is 1. The molecule has 0 aliphatic carbocycles. The van der Waals surface area contributed by atoms with Crippen molar-refractivity contribution in [1.82, 2.24) is 10.1 Å². The van der Waals surface area contributed by atoms with Crippen LogP contribution in [-0.4, -0.2) is 33.6 Å². The van der Waals surface area contributed by atoms with Gasteiger partial charge in [-0.3, -0.25) is 4.57 Å². The molecule has 2 N–H and O–H groups in total. The Bertz CT molecular complexity index is 1610. The fourth-order valence-electron chi connectivity index (χ4n) is 4.43. The quantitative estimate of drug-likeness (QED) is 0.228. The van der Waals surface area contributed by atoms with Crippen molar-refractivity contribution in [2.45, 2.75) is 43.8 Å². The Kier molecular flexibility index (Phi) is 7.47. The number of hydrogen-bond acceptors (Lipinski definition) is 6. The van der Waals surface area contributed by atoms with Gasteiger partial charge in [0.1, 0.15) is 0 Å². The Morgan fingerprint density at radius 3 is 2.22 bits per heavy atom. The number of nitrogens with zero attached hydrogens (tertiary/aromatic N) is 3. The molecule has 196 valence electrons. The van der Waals surface area contributed by atoms with E-state index >= 15 is 0 Å². The SMILES string of the molecule is CCC(CC)(N(c1cccc2cc(-c3noc(C)n3)ccc12)S(=O)(=O)c1cc(Cl)cc(Cl)c1)P(=O)(O)O. The molecule has 1 aromatic heterocycles. The molecule has 0 aliphatic rings. The van der Waals surface area contributed by atoms with E-state index in [1.54, 1.807) is 37.3 Å². The summed E-state index contributed by atoms with van der Waals surface area (Å²) in [4.78, 5) is 25.1. The number of hydrogen-bond donors (Lipinski definition) is 2. The third kappa shape index (κ3) is 4.90. The number of halogens is 2. The summed E-state index contributed by atoms with van der Waals surface area (Å²) >= 11 is 12.2. The summed E-state index contributed by atoms with van der Waals surface area (Å²) in [6.45, 7) is 4.74. The molecule has 0 bridgehead atoms. The van der Waals surface area contributed by atoms with Gasteiger partial charge in [-0.2, -0.15) is 4.98 Å². The Morgan fingerprint density at radius 1 is 1.03 bits per heavy atom. The standard InChI is InChI=1S/C24H24Cl2N3O6PS/c1-4-24(5-2,36(30,31)32)29(37(33,34)20-13-18(25)12-19(26)14-20)22-8-6-7-16-11-17(9-10-21(16)22)23-27-15(3)35-28-23/h6-14H,4-5H2,1-3H3,(H2,30,31,32). The van der Waals surface area contributed by atoms with E-state index < -0.39 is 22.9 Å². The second-order valence-corrected chi connectivity index (χ2v) is 13.0. The summed E-state index contributed by atoms with van der Waals surface area (Å²) in [6, 6.07) is 13.8. The molecular weight excluding hydrogens is 560 g/mol. The minimum absolute atomic E-state index is 0.0683. The van der Waals surface area contributed by atoms with Gasteiger partial charge in [0.05, 0.1) is 10.6 Å². The van der Waals surface area contributed by atoms with Crippen LogP contribution in [0.15, 0.2) is 64.0 Å². The average Bonchev–Trinajstić information content (AvgIpc) is 3.26. The average molecular weight is 584 g/mol. The van der Waals surface area contributed by atoms with Gasteiger partial charge in [-0.15, -0.1) is 0 Å². The number of aromatic nitrogens is 2. The van der Waals surface area contributed by atoms with Crippen molar-refractivity contribution in [3.8, 4) is 11.4 Å². The highest BCUT2D eigenvalue weighted by Crippen LogP contribution is 2.59. The van der Waals surface area contributed by atoms with Crippen LogP contribution >= 0.6 is 30.8 Å². The van der Waals surface area contributed by atoms with Gasteiger partial charge in [0.15, 0.2) is 5.28 Å². The van der Waals surface area contributed by atoms with Crippen LogP contribution in [0, 0.1) is 6.92 Å². The van der Waals surface area contributed by atoms with Gasteiger partial charge >= 0.3 is 7.60 Å². The molecule has 0 radical (unpaired) electrons. The fourth-order valence-corrected chi connectivity index (χ4v) is 8.78. The monoisotopic (exact) mass is 583 g/mol. The number of sulfonamides is 1. The Balaban J connectivity index is 2.05. The lowest BCUT2D eigenvalue weighted by atomic mass is 10.0. The zero-order valence-electron chi connectivity index (χ0n) is 20.1. The van der Waals surface area contributed by atoms with Crippen LogP contribution in [0.5, 0.6) is 0 Å². The molecule has 1 heterocycles. The zero-order chi connectivity index (χ0) is 27.2. The molecule has 4 rings (SSSR count). The fraction of sp³-hybridized carbons (Fsp3) is 0.250. The van der Waals surface area contributed by atoms with Crippen LogP contribution in [0.3, 0.4) is 0 Å². The summed E-state index contributed by atoms with van der Waals surface area (Å²) in [5, 5.41) is 3.03. The van der Waals surface area contributed by atoms with Crippen molar-refractivity contribution >= 4 is 57.3 Å². The highest BCUT2D eigenvalue weighted by Gasteiger charge is 2.54. The maximum Gasteiger partial charge on any atom is 0.351 e. The molecule has 9 nitrogen and oxygen atoms in total. The number of rotatable bonds is 8. The van der Waals surface area contributed by atoms with E-state index in [9.17, 15) is 22.8 Å². The summed E-state index contributed by atoms with van der Waals surface area (Å²) in [5.41, 5.74) is 0.723. The molecular formula is C24H24Cl2N3O6PS. The van der Waals surface area contributed by atoms with Gasteiger partial charge in [-0.25, -0.2) is 12.7 Å². The first-order valence-corrected chi connectivity index (χ1v) is 15.1. The molecule has 13 heteroatoms. The first-order valence-electron chi connectivity index (χ1n) is 11.2. The summed E-state index contributed by atoms with van der Waals surface area (Å²) in [7, 11) is -9.64. The summed E-state index contributed by atoms with van der Waals surface area (Å²) in [5.74, 6) is 0.744. The van der Waals surface area contributed by atoms with E-state index in [0.717, 1.165) is 4.31 Å². The van der Waals surface area contributed by atoms with E-state index in [2.05, 4.69) is 10.1 Å². The first kappa shape index (κ1) is 27.6. The normalized spacial score (nSPS) is 12.7. The zero-order valence-corrected chi connectivity index (χ0v) is 23.3. The van der Waals surface area contributed by atoms with Crippen LogP contribution in [0.2, 0.25) is 10.0 Å². The predicted octanol–water partition coefficient (Wildman–Crippen LogP) is 6.39. The molecule has 3 aromatic carbocycles. The Labute approximate surface area is 224 Å². The third-order valence-electron chi connectivity index (χ3n) is 6.29. The van der Waals surface area contributed by atoms with E-state index in [-0.39, 0.29) is 33.5 Å². The minimum atomic E-state index is -5.05. The van der Waals surface area contributed by atoms with Crippen LogP contribution in [0.4, 0.5) is 5.69 Å². The number of fused-ring (bicyclic) bond motifs is 1. The topological polar surface area (TPSA) is 134 Å². The van der Waals surface area contributed by atoms with Crippen molar-refractivity contribution < 1.29 is 27.3 Å². The van der Waals surface area contributed by atoms with Crippen molar-refractivity contribution in [2.24, 2.45) is 0 Å². The van der Waals surface area contributed by atoms with Crippen LogP contribution in [0.25, 0.3) is 22.2 Å². The van der Waals surface area contributed by atoms with Crippen molar-refractivity contribution in [3.63, 3.8) is 0 Å². The van der Waals surface area contributed by atoms with Gasteiger partial charge in [0.25, 0.3) is 10.0 Å². The molecule has 0 fully saturated rings. The molecule has 0 aliphatic heterocycles. The van der Waals surface area contributed by atoms with Gasteiger partial charge in [-0.05, 0) is 48.6 Å². The smallest absolute Gasteiger partial charge is 0.339 e. The number of anilines is 1. The first-order chi connectivity index (χ1) is 17.3. The van der Waals surface area contributed by atoms with Gasteiger partial charge in [-0.1, -0.05) is 66.5 Å². The maximum atomic E-state index is 14.2. The lowest BCUT2D eigenvalue weighted by Crippen LogP contribution is -2.51. The summed E-state index contributed by atoms with van der Waals surface area (Å²) < 4.78 is 47.4. The lowest BCUT2D eigenvalue weighted by molar-refractivity contribution is 0.317. The Morgan fingerprint density at radius 2 is 1.68 bits per heavy atom. The second kappa shape index (κ2) is 10.0. The number of benzene rings is 3. The third-order valence-corrected chi connectivity index (χ3v) is 10.6. The van der Waals surface area contributed by atoms with Crippen LogP contribution in [-0.2, 0) is 14.6 Å². The van der Waals surface area contributed by atoms with E-state index in [1.807, 2.05) is 0 Å². The molecule has 0 atom stereocenters. The van der Waals surface area contributed by atoms with Gasteiger partial charge in [0, 0.05) is 27.9 Å². The van der Waals surface area contributed by atoms with Crippen molar-refractivity contribution in [3.05, 3.63) is 70.5 Å². The molecule has 0 saturated heterocycles. The molecule has 0 saturated carbocycles. The predicted molar refractivity (Wildman–Crippen MR) is 143 cm³/mol.